The molecule has 1 aromatic heterocycles. The molecule has 0 unspecified atom stereocenters. The molecule has 8 heteroatoms. The Hall–Kier alpha value is -2.38. The van der Waals surface area contributed by atoms with Crippen LogP contribution in [-0.4, -0.2) is 53.2 Å². The van der Waals surface area contributed by atoms with Crippen LogP contribution in [0.2, 0.25) is 10.0 Å². The minimum Gasteiger partial charge on any atom is -0.309 e. The van der Waals surface area contributed by atoms with Gasteiger partial charge in [-0.1, -0.05) is 53.5 Å². The van der Waals surface area contributed by atoms with Crippen molar-refractivity contribution < 1.29 is 0 Å². The Balaban J connectivity index is 1.75. The molecule has 0 spiro atoms. The molecule has 6 nitrogen and oxygen atoms in total. The first kappa shape index (κ1) is 23.8. The topological polar surface area (TPSA) is 44.6 Å². The summed E-state index contributed by atoms with van der Waals surface area (Å²) in [5.74, 6) is 0.622. The first-order valence-electron chi connectivity index (χ1n) is 11.1. The summed E-state index contributed by atoms with van der Waals surface area (Å²) in [5.41, 5.74) is 3.38. The van der Waals surface area contributed by atoms with Crippen molar-refractivity contribution >= 4 is 34.8 Å². The van der Waals surface area contributed by atoms with Crippen LogP contribution in [0.25, 0.3) is 0 Å². The zero-order chi connectivity index (χ0) is 23.5. The lowest BCUT2D eigenvalue weighted by molar-refractivity contribution is 0.189. The average Bonchev–Trinajstić information content (AvgIpc) is 2.76. The standard InChI is InChI=1S/C25H29Cl2N5O/c1-18-23(12-19-8-5-4-6-9-19)24(33)32-17-30(11-7-10-29(2)3)16-31(25(32)28-18)22-14-20(26)13-21(27)15-22/h4-6,8-9,13-15H,7,10-12,16-17H2,1-3H3. The highest BCUT2D eigenvalue weighted by Crippen LogP contribution is 2.32. The molecule has 33 heavy (non-hydrogen) atoms. The van der Waals surface area contributed by atoms with E-state index in [-0.39, 0.29) is 5.56 Å². The monoisotopic (exact) mass is 485 g/mol. The van der Waals surface area contributed by atoms with Gasteiger partial charge in [0.1, 0.15) is 0 Å². The number of rotatable bonds is 7. The van der Waals surface area contributed by atoms with Crippen LogP contribution < -0.4 is 10.5 Å². The van der Waals surface area contributed by atoms with Crippen LogP contribution in [0.15, 0.2) is 53.3 Å². The Kier molecular flexibility index (Phi) is 7.39. The van der Waals surface area contributed by atoms with Crippen LogP contribution in [0, 0.1) is 6.92 Å². The quantitative estimate of drug-likeness (QED) is 0.482. The number of aromatic nitrogens is 2. The molecule has 1 aliphatic heterocycles. The van der Waals surface area contributed by atoms with E-state index in [1.807, 2.05) is 54.3 Å². The highest BCUT2D eigenvalue weighted by molar-refractivity contribution is 6.35. The van der Waals surface area contributed by atoms with Crippen molar-refractivity contribution in [3.05, 3.63) is 85.8 Å². The summed E-state index contributed by atoms with van der Waals surface area (Å²) in [4.78, 5) is 25.0. The van der Waals surface area contributed by atoms with Crippen LogP contribution in [0.4, 0.5) is 11.6 Å². The molecule has 4 rings (SSSR count). The van der Waals surface area contributed by atoms with E-state index < -0.39 is 0 Å². The molecule has 0 saturated carbocycles. The minimum absolute atomic E-state index is 0.00297. The Bertz CT molecular complexity index is 1160. The largest absolute Gasteiger partial charge is 0.309 e. The number of hydrogen-bond donors (Lipinski definition) is 0. The summed E-state index contributed by atoms with van der Waals surface area (Å²) in [5, 5.41) is 1.10. The van der Waals surface area contributed by atoms with E-state index in [4.69, 9.17) is 28.2 Å². The van der Waals surface area contributed by atoms with Gasteiger partial charge in [-0.25, -0.2) is 4.98 Å². The fraction of sp³-hybridized carbons (Fsp3) is 0.360. The zero-order valence-electron chi connectivity index (χ0n) is 19.3. The molecule has 0 atom stereocenters. The number of aryl methyl sites for hydroxylation is 1. The summed E-state index contributed by atoms with van der Waals surface area (Å²) >= 11 is 12.6. The van der Waals surface area contributed by atoms with Gasteiger partial charge in [0.05, 0.1) is 19.0 Å². The van der Waals surface area contributed by atoms with Crippen LogP contribution in [0.1, 0.15) is 23.2 Å². The lowest BCUT2D eigenvalue weighted by atomic mass is 10.1. The molecule has 174 valence electrons. The molecule has 0 radical (unpaired) electrons. The third-order valence-corrected chi connectivity index (χ3v) is 6.27. The van der Waals surface area contributed by atoms with Gasteiger partial charge in [0.15, 0.2) is 0 Å². The molecule has 2 heterocycles. The van der Waals surface area contributed by atoms with E-state index in [0.717, 1.165) is 42.0 Å². The van der Waals surface area contributed by atoms with Crippen molar-refractivity contribution in [2.45, 2.75) is 26.4 Å². The Morgan fingerprint density at radius 1 is 1.03 bits per heavy atom. The van der Waals surface area contributed by atoms with Crippen LogP contribution in [0.3, 0.4) is 0 Å². The van der Waals surface area contributed by atoms with Gasteiger partial charge in [0.2, 0.25) is 5.95 Å². The molecule has 3 aromatic rings. The predicted molar refractivity (Wildman–Crippen MR) is 136 cm³/mol. The van der Waals surface area contributed by atoms with Crippen molar-refractivity contribution in [2.75, 3.05) is 38.8 Å². The van der Waals surface area contributed by atoms with Gasteiger partial charge in [-0.05, 0) is 57.7 Å². The highest BCUT2D eigenvalue weighted by atomic mass is 35.5. The van der Waals surface area contributed by atoms with Gasteiger partial charge >= 0.3 is 0 Å². The van der Waals surface area contributed by atoms with Crippen molar-refractivity contribution in [1.29, 1.82) is 0 Å². The smallest absolute Gasteiger partial charge is 0.259 e. The molecule has 1 aliphatic rings. The molecular weight excluding hydrogens is 457 g/mol. The fourth-order valence-electron chi connectivity index (χ4n) is 4.18. The molecule has 0 bridgehead atoms. The summed E-state index contributed by atoms with van der Waals surface area (Å²) in [6, 6.07) is 15.5. The van der Waals surface area contributed by atoms with Crippen molar-refractivity contribution in [2.24, 2.45) is 0 Å². The number of nitrogens with zero attached hydrogens (tertiary/aromatic N) is 5. The van der Waals surface area contributed by atoms with Gasteiger partial charge in [0, 0.05) is 34.3 Å². The average molecular weight is 486 g/mol. The van der Waals surface area contributed by atoms with E-state index in [1.165, 1.54) is 0 Å². The molecule has 0 N–H and O–H groups in total. The van der Waals surface area contributed by atoms with E-state index in [9.17, 15) is 4.79 Å². The SMILES string of the molecule is Cc1nc2n(c(=O)c1Cc1ccccc1)CN(CCCN(C)C)CN2c1cc(Cl)cc(Cl)c1. The van der Waals surface area contributed by atoms with Crippen molar-refractivity contribution in [1.82, 2.24) is 19.4 Å². The van der Waals surface area contributed by atoms with Crippen LogP contribution >= 0.6 is 23.2 Å². The van der Waals surface area contributed by atoms with Gasteiger partial charge in [-0.3, -0.25) is 19.2 Å². The van der Waals surface area contributed by atoms with E-state index in [1.54, 1.807) is 10.6 Å². The zero-order valence-corrected chi connectivity index (χ0v) is 20.8. The van der Waals surface area contributed by atoms with E-state index in [0.29, 0.717) is 35.8 Å². The summed E-state index contributed by atoms with van der Waals surface area (Å²) in [7, 11) is 4.14. The van der Waals surface area contributed by atoms with Gasteiger partial charge < -0.3 is 4.90 Å². The fourth-order valence-corrected chi connectivity index (χ4v) is 4.69. The number of fused-ring (bicyclic) bond motifs is 1. The van der Waals surface area contributed by atoms with E-state index >= 15 is 0 Å². The minimum atomic E-state index is -0.00297. The lowest BCUT2D eigenvalue weighted by Gasteiger charge is -2.38. The number of hydrogen-bond acceptors (Lipinski definition) is 5. The number of halogens is 2. The molecule has 0 amide bonds. The third kappa shape index (κ3) is 5.58. The maximum absolute atomic E-state index is 13.7. The second-order valence-electron chi connectivity index (χ2n) is 8.76. The molecule has 0 saturated heterocycles. The van der Waals surface area contributed by atoms with Gasteiger partial charge in [0.25, 0.3) is 5.56 Å². The van der Waals surface area contributed by atoms with Crippen molar-refractivity contribution in [3.63, 3.8) is 0 Å². The van der Waals surface area contributed by atoms with E-state index in [2.05, 4.69) is 23.9 Å². The second-order valence-corrected chi connectivity index (χ2v) is 9.63. The van der Waals surface area contributed by atoms with Gasteiger partial charge in [-0.2, -0.15) is 0 Å². The summed E-state index contributed by atoms with van der Waals surface area (Å²) in [6.07, 6.45) is 1.56. The second kappa shape index (κ2) is 10.3. The third-order valence-electron chi connectivity index (χ3n) is 5.84. The van der Waals surface area contributed by atoms with Gasteiger partial charge in [-0.15, -0.1) is 0 Å². The van der Waals surface area contributed by atoms with Crippen molar-refractivity contribution in [3.8, 4) is 0 Å². The number of anilines is 2. The first-order valence-corrected chi connectivity index (χ1v) is 11.8. The summed E-state index contributed by atoms with van der Waals surface area (Å²) in [6.45, 7) is 4.85. The Morgan fingerprint density at radius 3 is 2.39 bits per heavy atom. The molecule has 2 aromatic carbocycles. The maximum atomic E-state index is 13.7. The normalized spacial score (nSPS) is 14.1. The summed E-state index contributed by atoms with van der Waals surface area (Å²) < 4.78 is 1.78. The van der Waals surface area contributed by atoms with Crippen LogP contribution in [-0.2, 0) is 13.1 Å². The number of benzene rings is 2. The Labute approximate surface area is 205 Å². The molecular formula is C25H29Cl2N5O. The predicted octanol–water partition coefficient (Wildman–Crippen LogP) is 4.77. The highest BCUT2D eigenvalue weighted by Gasteiger charge is 2.28. The maximum Gasteiger partial charge on any atom is 0.259 e. The Morgan fingerprint density at radius 2 is 1.73 bits per heavy atom. The lowest BCUT2D eigenvalue weighted by Crippen LogP contribution is -2.48. The van der Waals surface area contributed by atoms with Crippen LogP contribution in [0.5, 0.6) is 0 Å². The molecule has 0 fully saturated rings. The molecule has 0 aliphatic carbocycles. The first-order chi connectivity index (χ1) is 15.8.